The van der Waals surface area contributed by atoms with Gasteiger partial charge in [-0.15, -0.1) is 0 Å². The molecule has 4 aromatic rings. The number of nitrogens with zero attached hydrogens (tertiary/aromatic N) is 3. The number of aryl methyl sites for hydroxylation is 2. The molecule has 2 aromatic carbocycles. The largest absolute Gasteiger partial charge is 0.351 e. The van der Waals surface area contributed by atoms with E-state index in [4.69, 9.17) is 35.4 Å². The minimum atomic E-state index is -0.107. The second kappa shape index (κ2) is 9.65. The van der Waals surface area contributed by atoms with Crippen LogP contribution in [-0.2, 0) is 6.42 Å². The van der Waals surface area contributed by atoms with Crippen molar-refractivity contribution in [3.8, 4) is 5.69 Å². The molecule has 2 unspecified atom stereocenters. The lowest BCUT2D eigenvalue weighted by Crippen LogP contribution is -2.29. The number of thiocarbonyl (C=S) groups is 1. The van der Waals surface area contributed by atoms with Crippen LogP contribution in [0.3, 0.4) is 0 Å². The molecular formula is C28H26Cl2N4S. The van der Waals surface area contributed by atoms with E-state index >= 15 is 0 Å². The summed E-state index contributed by atoms with van der Waals surface area (Å²) in [6.07, 6.45) is 2.82. The number of aromatic nitrogens is 2. The highest BCUT2D eigenvalue weighted by Gasteiger charge is 2.42. The zero-order valence-corrected chi connectivity index (χ0v) is 22.1. The van der Waals surface area contributed by atoms with Crippen molar-refractivity contribution in [2.24, 2.45) is 0 Å². The van der Waals surface area contributed by atoms with E-state index in [1.165, 1.54) is 5.56 Å². The maximum Gasteiger partial charge on any atom is 0.174 e. The first kappa shape index (κ1) is 23.9. The van der Waals surface area contributed by atoms with Gasteiger partial charge in [0.05, 0.1) is 28.5 Å². The minimum Gasteiger partial charge on any atom is -0.351 e. The molecule has 5 rings (SSSR count). The summed E-state index contributed by atoms with van der Waals surface area (Å²) in [6, 6.07) is 22.3. The quantitative estimate of drug-likeness (QED) is 0.275. The highest BCUT2D eigenvalue weighted by molar-refractivity contribution is 7.80. The van der Waals surface area contributed by atoms with Crippen LogP contribution < -0.4 is 10.2 Å². The number of halogens is 2. The third kappa shape index (κ3) is 4.33. The van der Waals surface area contributed by atoms with Crippen molar-refractivity contribution in [2.45, 2.75) is 39.3 Å². The number of nitrogens with one attached hydrogen (secondary N) is 1. The van der Waals surface area contributed by atoms with E-state index in [1.807, 2.05) is 36.5 Å². The normalized spacial score (nSPS) is 17.6. The molecule has 2 aromatic heterocycles. The highest BCUT2D eigenvalue weighted by Crippen LogP contribution is 2.44. The van der Waals surface area contributed by atoms with Gasteiger partial charge in [0.15, 0.2) is 5.11 Å². The molecule has 4 nitrogen and oxygen atoms in total. The molecule has 7 heteroatoms. The van der Waals surface area contributed by atoms with Crippen LogP contribution in [0.5, 0.6) is 0 Å². The van der Waals surface area contributed by atoms with E-state index < -0.39 is 0 Å². The molecule has 0 saturated carbocycles. The second-order valence-corrected chi connectivity index (χ2v) is 10.0. The summed E-state index contributed by atoms with van der Waals surface area (Å²) in [4.78, 5) is 6.89. The Balaban J connectivity index is 1.67. The molecule has 0 amide bonds. The van der Waals surface area contributed by atoms with Crippen LogP contribution in [0.4, 0.5) is 5.69 Å². The number of pyridine rings is 1. The highest BCUT2D eigenvalue weighted by atomic mass is 35.5. The predicted molar refractivity (Wildman–Crippen MR) is 149 cm³/mol. The Kier molecular flexibility index (Phi) is 6.58. The van der Waals surface area contributed by atoms with Gasteiger partial charge < -0.3 is 14.8 Å². The number of hydrogen-bond donors (Lipinski definition) is 1. The first-order valence-electron chi connectivity index (χ1n) is 11.6. The third-order valence-corrected chi connectivity index (χ3v) is 7.51. The molecule has 1 aliphatic rings. The van der Waals surface area contributed by atoms with Crippen LogP contribution in [-0.4, -0.2) is 14.7 Å². The van der Waals surface area contributed by atoms with Gasteiger partial charge in [-0.1, -0.05) is 48.3 Å². The van der Waals surface area contributed by atoms with Crippen LogP contribution in [0.2, 0.25) is 10.0 Å². The molecular weight excluding hydrogens is 495 g/mol. The lowest BCUT2D eigenvalue weighted by atomic mass is 9.96. The van der Waals surface area contributed by atoms with Crippen molar-refractivity contribution in [3.63, 3.8) is 0 Å². The molecule has 0 spiro atoms. The van der Waals surface area contributed by atoms with Gasteiger partial charge in [-0.05, 0) is 92.1 Å². The van der Waals surface area contributed by atoms with Crippen molar-refractivity contribution in [3.05, 3.63) is 111 Å². The maximum absolute atomic E-state index is 6.62. The Hall–Kier alpha value is -2.86. The summed E-state index contributed by atoms with van der Waals surface area (Å²) in [5, 5.41) is 5.46. The smallest absolute Gasteiger partial charge is 0.174 e. The van der Waals surface area contributed by atoms with Gasteiger partial charge >= 0.3 is 0 Å². The zero-order valence-electron chi connectivity index (χ0n) is 19.8. The summed E-state index contributed by atoms with van der Waals surface area (Å²) in [5.74, 6) is 0. The van der Waals surface area contributed by atoms with Gasteiger partial charge in [0.25, 0.3) is 0 Å². The van der Waals surface area contributed by atoms with Gasteiger partial charge in [-0.2, -0.15) is 0 Å². The fourth-order valence-electron chi connectivity index (χ4n) is 4.96. The zero-order chi connectivity index (χ0) is 24.7. The Morgan fingerprint density at radius 1 is 1.00 bits per heavy atom. The molecule has 0 bridgehead atoms. The van der Waals surface area contributed by atoms with E-state index in [1.54, 1.807) is 6.07 Å². The van der Waals surface area contributed by atoms with Crippen LogP contribution in [0.25, 0.3) is 5.69 Å². The van der Waals surface area contributed by atoms with E-state index in [-0.39, 0.29) is 12.1 Å². The van der Waals surface area contributed by atoms with Crippen molar-refractivity contribution in [1.29, 1.82) is 0 Å². The van der Waals surface area contributed by atoms with Gasteiger partial charge in [-0.25, -0.2) is 0 Å². The number of anilines is 1. The molecule has 35 heavy (non-hydrogen) atoms. The molecule has 1 aliphatic heterocycles. The fourth-order valence-corrected chi connectivity index (χ4v) is 5.80. The Morgan fingerprint density at radius 2 is 1.77 bits per heavy atom. The second-order valence-electron chi connectivity index (χ2n) is 8.77. The number of hydrogen-bond acceptors (Lipinski definition) is 2. The van der Waals surface area contributed by atoms with Crippen molar-refractivity contribution in [1.82, 2.24) is 14.9 Å². The summed E-state index contributed by atoms with van der Waals surface area (Å²) < 4.78 is 2.18. The van der Waals surface area contributed by atoms with E-state index in [9.17, 15) is 0 Å². The summed E-state index contributed by atoms with van der Waals surface area (Å²) in [5.41, 5.74) is 7.54. The van der Waals surface area contributed by atoms with Crippen LogP contribution >= 0.6 is 35.4 Å². The van der Waals surface area contributed by atoms with E-state index in [2.05, 4.69) is 70.9 Å². The first-order valence-corrected chi connectivity index (χ1v) is 12.8. The average Bonchev–Trinajstić information content (AvgIpc) is 3.35. The van der Waals surface area contributed by atoms with Gasteiger partial charge in [0, 0.05) is 28.3 Å². The van der Waals surface area contributed by atoms with E-state index in [0.717, 1.165) is 40.4 Å². The molecule has 1 fully saturated rings. The molecule has 1 N–H and O–H groups in total. The maximum atomic E-state index is 6.62. The van der Waals surface area contributed by atoms with Crippen LogP contribution in [0.1, 0.15) is 47.2 Å². The summed E-state index contributed by atoms with van der Waals surface area (Å²) >= 11 is 18.7. The molecule has 2 atom stereocenters. The topological polar surface area (TPSA) is 33.1 Å². The third-order valence-electron chi connectivity index (χ3n) is 6.66. The summed E-state index contributed by atoms with van der Waals surface area (Å²) in [6.45, 7) is 6.38. The van der Waals surface area contributed by atoms with Crippen LogP contribution in [0.15, 0.2) is 72.9 Å². The molecule has 1 saturated heterocycles. The number of benzene rings is 2. The molecule has 0 radical (unpaired) electrons. The Labute approximate surface area is 221 Å². The minimum absolute atomic E-state index is 0.0871. The van der Waals surface area contributed by atoms with Crippen LogP contribution in [0, 0.1) is 13.8 Å². The SMILES string of the molecule is CCc1ccc(N2C(=S)NC(c3ccccn3)C2c2cc(C)n(-c3ccc(Cl)cc3Cl)c2C)cc1. The fraction of sp³-hybridized carbons (Fsp3) is 0.214. The first-order chi connectivity index (χ1) is 16.9. The average molecular weight is 522 g/mol. The van der Waals surface area contributed by atoms with E-state index in [0.29, 0.717) is 15.2 Å². The van der Waals surface area contributed by atoms with Gasteiger partial charge in [0.2, 0.25) is 0 Å². The van der Waals surface area contributed by atoms with Gasteiger partial charge in [-0.3, -0.25) is 4.98 Å². The Bertz CT molecular complexity index is 1380. The number of rotatable bonds is 5. The molecule has 3 heterocycles. The standard InChI is InChI=1S/C28H26Cl2N4S/c1-4-19-8-11-21(12-9-19)34-27(26(32-28(34)35)24-7-5-6-14-31-24)22-15-17(2)33(18(22)3)25-13-10-20(29)16-23(25)30/h5-16,26-27H,4H2,1-3H3,(H,32,35). The van der Waals surface area contributed by atoms with Crippen molar-refractivity contribution < 1.29 is 0 Å². The lowest BCUT2D eigenvalue weighted by molar-refractivity contribution is 0.565. The van der Waals surface area contributed by atoms with Crippen molar-refractivity contribution >= 4 is 46.2 Å². The lowest BCUT2D eigenvalue weighted by Gasteiger charge is -2.28. The Morgan fingerprint density at radius 3 is 2.43 bits per heavy atom. The predicted octanol–water partition coefficient (Wildman–Crippen LogP) is 7.54. The van der Waals surface area contributed by atoms with Crippen molar-refractivity contribution in [2.75, 3.05) is 4.90 Å². The molecule has 0 aliphatic carbocycles. The summed E-state index contributed by atoms with van der Waals surface area (Å²) in [7, 11) is 0. The monoisotopic (exact) mass is 520 g/mol. The molecule has 178 valence electrons. The van der Waals surface area contributed by atoms with Gasteiger partial charge in [0.1, 0.15) is 0 Å².